The number of anilines is 3. The third-order valence-corrected chi connectivity index (χ3v) is 6.68. The summed E-state index contributed by atoms with van der Waals surface area (Å²) in [7, 11) is 1.60. The number of methoxy groups -OCH3 is 1. The van der Waals surface area contributed by atoms with Crippen LogP contribution in [0, 0.1) is 5.82 Å². The molecule has 0 radical (unpaired) electrons. The van der Waals surface area contributed by atoms with Gasteiger partial charge < -0.3 is 25.6 Å². The van der Waals surface area contributed by atoms with Gasteiger partial charge in [0, 0.05) is 48.4 Å². The number of benzene rings is 2. The average Bonchev–Trinajstić information content (AvgIpc) is 3.28. The summed E-state index contributed by atoms with van der Waals surface area (Å²) in [6, 6.07) is 13.7. The third-order valence-electron chi connectivity index (χ3n) is 5.80. The molecule has 0 spiro atoms. The van der Waals surface area contributed by atoms with Gasteiger partial charge in [-0.05, 0) is 30.3 Å². The summed E-state index contributed by atoms with van der Waals surface area (Å²) < 4.78 is 19.7. The number of nitrogens with one attached hydrogen (secondary N) is 1. The van der Waals surface area contributed by atoms with Crippen LogP contribution in [0.4, 0.5) is 26.6 Å². The van der Waals surface area contributed by atoms with Gasteiger partial charge in [0.2, 0.25) is 5.95 Å². The van der Waals surface area contributed by atoms with E-state index in [4.69, 9.17) is 10.5 Å². The normalized spacial score (nSPS) is 13.8. The molecular weight excluding hydrogens is 455 g/mol. The number of halogens is 1. The molecule has 5 rings (SSSR count). The zero-order valence-electron chi connectivity index (χ0n) is 18.5. The van der Waals surface area contributed by atoms with Gasteiger partial charge in [0.05, 0.1) is 12.5 Å². The number of thiophene rings is 1. The van der Waals surface area contributed by atoms with Crippen molar-refractivity contribution in [2.45, 2.75) is 0 Å². The highest BCUT2D eigenvalue weighted by Crippen LogP contribution is 2.39. The van der Waals surface area contributed by atoms with Gasteiger partial charge in [-0.15, -0.1) is 11.3 Å². The second-order valence-corrected chi connectivity index (χ2v) is 8.71. The Labute approximate surface area is 199 Å². The summed E-state index contributed by atoms with van der Waals surface area (Å²) in [5.74, 6) is 1.26. The number of carbonyl (C=O) groups excluding carboxylic acids is 1. The number of carbonyl (C=O) groups is 1. The van der Waals surface area contributed by atoms with Crippen molar-refractivity contribution in [2.75, 3.05) is 49.2 Å². The summed E-state index contributed by atoms with van der Waals surface area (Å²) in [5, 5.41) is 5.58. The highest BCUT2D eigenvalue weighted by atomic mass is 32.1. The number of amides is 2. The van der Waals surface area contributed by atoms with Gasteiger partial charge >= 0.3 is 6.03 Å². The quantitative estimate of drug-likeness (QED) is 0.450. The number of hydrogen-bond donors (Lipinski definition) is 2. The molecule has 3 N–H and O–H groups in total. The molecule has 0 bridgehead atoms. The van der Waals surface area contributed by atoms with Crippen molar-refractivity contribution in [1.29, 1.82) is 0 Å². The molecule has 3 heterocycles. The summed E-state index contributed by atoms with van der Waals surface area (Å²) in [5.41, 5.74) is 7.94. The highest BCUT2D eigenvalue weighted by Gasteiger charge is 2.26. The molecule has 34 heavy (non-hydrogen) atoms. The topological polar surface area (TPSA) is 96.6 Å². The van der Waals surface area contributed by atoms with Gasteiger partial charge in [0.1, 0.15) is 22.2 Å². The highest BCUT2D eigenvalue weighted by molar-refractivity contribution is 7.17. The molecule has 2 amide bonds. The lowest BCUT2D eigenvalue weighted by atomic mass is 10.1. The lowest BCUT2D eigenvalue weighted by molar-refractivity contribution is 0.208. The third kappa shape index (κ3) is 4.19. The van der Waals surface area contributed by atoms with E-state index in [1.54, 1.807) is 54.5 Å². The smallest absolute Gasteiger partial charge is 0.321 e. The molecule has 10 heteroatoms. The first-order chi connectivity index (χ1) is 16.5. The summed E-state index contributed by atoms with van der Waals surface area (Å²) >= 11 is 1.41. The minimum absolute atomic E-state index is 0.167. The molecule has 8 nitrogen and oxygen atoms in total. The van der Waals surface area contributed by atoms with Crippen molar-refractivity contribution in [3.63, 3.8) is 0 Å². The van der Waals surface area contributed by atoms with E-state index in [0.29, 0.717) is 48.1 Å². The maximum absolute atomic E-state index is 14.6. The number of ether oxygens (including phenoxy) is 1. The Bertz CT molecular complexity index is 1340. The van der Waals surface area contributed by atoms with Crippen LogP contribution in [-0.4, -0.2) is 54.2 Å². The number of fused-ring (bicyclic) bond motifs is 1. The van der Waals surface area contributed by atoms with Crippen molar-refractivity contribution >= 4 is 45.0 Å². The number of hydrogen-bond acceptors (Lipinski definition) is 7. The van der Waals surface area contributed by atoms with Crippen LogP contribution in [0.1, 0.15) is 0 Å². The fourth-order valence-electron chi connectivity index (χ4n) is 4.04. The maximum Gasteiger partial charge on any atom is 0.321 e. The van der Waals surface area contributed by atoms with Gasteiger partial charge in [-0.2, -0.15) is 4.98 Å². The van der Waals surface area contributed by atoms with E-state index >= 15 is 0 Å². The van der Waals surface area contributed by atoms with Gasteiger partial charge in [-0.1, -0.05) is 18.2 Å². The van der Waals surface area contributed by atoms with Crippen molar-refractivity contribution in [2.24, 2.45) is 0 Å². The van der Waals surface area contributed by atoms with Crippen molar-refractivity contribution in [3.8, 4) is 16.9 Å². The van der Waals surface area contributed by atoms with E-state index in [9.17, 15) is 9.18 Å². The van der Waals surface area contributed by atoms with Crippen molar-refractivity contribution in [3.05, 3.63) is 59.7 Å². The number of piperazine rings is 1. The van der Waals surface area contributed by atoms with Crippen LogP contribution in [0.25, 0.3) is 21.3 Å². The molecule has 0 aliphatic carbocycles. The minimum atomic E-state index is -0.301. The maximum atomic E-state index is 14.6. The molecule has 1 saturated heterocycles. The van der Waals surface area contributed by atoms with E-state index in [1.165, 1.54) is 17.4 Å². The Kier molecular flexibility index (Phi) is 5.89. The van der Waals surface area contributed by atoms with Crippen LogP contribution in [-0.2, 0) is 0 Å². The standard InChI is InChI=1S/C24H23FN6O2S/c1-33-16-8-6-15(7-9-16)27-24(32)31-12-10-30(11-13-31)21-20-18(17-4-2-3-5-19(17)25)14-34-22(20)29-23(26)28-21/h2-9,14H,10-13H2,1H3,(H,27,32)(H2,26,28,29). The summed E-state index contributed by atoms with van der Waals surface area (Å²) in [6.45, 7) is 2.14. The van der Waals surface area contributed by atoms with Crippen LogP contribution in [0.5, 0.6) is 5.75 Å². The molecule has 0 unspecified atom stereocenters. The van der Waals surface area contributed by atoms with Crippen LogP contribution in [0.3, 0.4) is 0 Å². The monoisotopic (exact) mass is 478 g/mol. The molecule has 2 aromatic heterocycles. The van der Waals surface area contributed by atoms with Crippen LogP contribution in [0.2, 0.25) is 0 Å². The predicted molar refractivity (Wildman–Crippen MR) is 133 cm³/mol. The predicted octanol–water partition coefficient (Wildman–Crippen LogP) is 4.44. The molecule has 2 aromatic carbocycles. The molecule has 1 aliphatic heterocycles. The van der Waals surface area contributed by atoms with Gasteiger partial charge in [-0.25, -0.2) is 14.2 Å². The van der Waals surface area contributed by atoms with Gasteiger partial charge in [0.25, 0.3) is 0 Å². The van der Waals surface area contributed by atoms with Gasteiger partial charge in [-0.3, -0.25) is 0 Å². The Hall–Kier alpha value is -3.92. The Morgan fingerprint density at radius 2 is 1.79 bits per heavy atom. The number of nitrogens with zero attached hydrogens (tertiary/aromatic N) is 4. The Morgan fingerprint density at radius 3 is 2.50 bits per heavy atom. The molecule has 4 aromatic rings. The molecular formula is C24H23FN6O2S. The average molecular weight is 479 g/mol. The zero-order chi connectivity index (χ0) is 23.7. The largest absolute Gasteiger partial charge is 0.497 e. The summed E-state index contributed by atoms with van der Waals surface area (Å²) in [4.78, 5) is 26.2. The number of nitrogens with two attached hydrogens (primary N) is 1. The Balaban J connectivity index is 1.36. The van der Waals surface area contributed by atoms with E-state index in [0.717, 1.165) is 16.7 Å². The minimum Gasteiger partial charge on any atom is -0.497 e. The van der Waals surface area contributed by atoms with E-state index in [1.807, 2.05) is 5.38 Å². The zero-order valence-corrected chi connectivity index (χ0v) is 19.3. The van der Waals surface area contributed by atoms with E-state index in [-0.39, 0.29) is 17.8 Å². The van der Waals surface area contributed by atoms with Crippen LogP contribution >= 0.6 is 11.3 Å². The van der Waals surface area contributed by atoms with Crippen LogP contribution < -0.4 is 20.7 Å². The second kappa shape index (κ2) is 9.14. The molecule has 0 saturated carbocycles. The number of rotatable bonds is 4. The first-order valence-corrected chi connectivity index (χ1v) is 11.7. The lowest BCUT2D eigenvalue weighted by Crippen LogP contribution is -2.50. The molecule has 174 valence electrons. The van der Waals surface area contributed by atoms with E-state index < -0.39 is 0 Å². The number of urea groups is 1. The molecule has 1 fully saturated rings. The molecule has 0 atom stereocenters. The SMILES string of the molecule is COc1ccc(NC(=O)N2CCN(c3nc(N)nc4scc(-c5ccccc5F)c34)CC2)cc1. The van der Waals surface area contributed by atoms with Crippen molar-refractivity contribution in [1.82, 2.24) is 14.9 Å². The summed E-state index contributed by atoms with van der Waals surface area (Å²) in [6.07, 6.45) is 0. The molecule has 1 aliphatic rings. The fourth-order valence-corrected chi connectivity index (χ4v) is 4.98. The first kappa shape index (κ1) is 21.9. The number of nitrogen functional groups attached to an aromatic ring is 1. The van der Waals surface area contributed by atoms with Crippen LogP contribution in [0.15, 0.2) is 53.9 Å². The fraction of sp³-hybridized carbons (Fsp3) is 0.208. The number of aromatic nitrogens is 2. The van der Waals surface area contributed by atoms with Gasteiger partial charge in [0.15, 0.2) is 0 Å². The van der Waals surface area contributed by atoms with Crippen molar-refractivity contribution < 1.29 is 13.9 Å². The van der Waals surface area contributed by atoms with E-state index in [2.05, 4.69) is 20.2 Å². The second-order valence-electron chi connectivity index (χ2n) is 7.85. The first-order valence-electron chi connectivity index (χ1n) is 10.8. The Morgan fingerprint density at radius 1 is 1.06 bits per heavy atom. The lowest BCUT2D eigenvalue weighted by Gasteiger charge is -2.35.